The van der Waals surface area contributed by atoms with Crippen LogP contribution in [0.25, 0.3) is 0 Å². The van der Waals surface area contributed by atoms with E-state index in [4.69, 9.17) is 0 Å². The van der Waals surface area contributed by atoms with Crippen LogP contribution in [0.3, 0.4) is 0 Å². The first kappa shape index (κ1) is 12.4. The number of nitrogens with one attached hydrogen (secondary N) is 1. The molecule has 2 rings (SSSR count). The van der Waals surface area contributed by atoms with Crippen LogP contribution in [0.5, 0.6) is 0 Å². The van der Waals surface area contributed by atoms with E-state index in [2.05, 4.69) is 17.1 Å². The van der Waals surface area contributed by atoms with E-state index in [0.717, 1.165) is 12.0 Å². The van der Waals surface area contributed by atoms with Crippen molar-refractivity contribution in [2.45, 2.75) is 57.9 Å². The maximum Gasteiger partial charge on any atom is 0.00915 e. The Kier molecular flexibility index (Phi) is 5.11. The van der Waals surface area contributed by atoms with Crippen molar-refractivity contribution in [2.75, 3.05) is 26.2 Å². The van der Waals surface area contributed by atoms with Gasteiger partial charge in [0, 0.05) is 6.04 Å². The average Bonchev–Trinajstić information content (AvgIpc) is 2.26. The van der Waals surface area contributed by atoms with Gasteiger partial charge in [-0.1, -0.05) is 19.8 Å². The maximum absolute atomic E-state index is 3.77. The Hall–Kier alpha value is -0.0800. The zero-order valence-corrected chi connectivity index (χ0v) is 10.9. The third kappa shape index (κ3) is 3.74. The van der Waals surface area contributed by atoms with E-state index < -0.39 is 0 Å². The van der Waals surface area contributed by atoms with E-state index in [0.29, 0.717) is 0 Å². The Morgan fingerprint density at radius 1 is 1.12 bits per heavy atom. The first-order valence-electron chi connectivity index (χ1n) is 7.34. The smallest absolute Gasteiger partial charge is 0.00915 e. The molecule has 2 heteroatoms. The molecule has 1 aliphatic heterocycles. The molecule has 1 saturated carbocycles. The second kappa shape index (κ2) is 6.61. The van der Waals surface area contributed by atoms with E-state index >= 15 is 0 Å². The monoisotopic (exact) mass is 224 g/mol. The molecular weight excluding hydrogens is 196 g/mol. The maximum atomic E-state index is 3.77. The summed E-state index contributed by atoms with van der Waals surface area (Å²) in [5.74, 6) is 1.01. The highest BCUT2D eigenvalue weighted by atomic mass is 15.1. The Bertz CT molecular complexity index is 181. The molecule has 2 fully saturated rings. The lowest BCUT2D eigenvalue weighted by atomic mass is 9.85. The summed E-state index contributed by atoms with van der Waals surface area (Å²) in [6.45, 7) is 7.54. The van der Waals surface area contributed by atoms with Crippen molar-refractivity contribution in [3.8, 4) is 0 Å². The largest absolute Gasteiger partial charge is 0.314 e. The Balaban J connectivity index is 1.53. The van der Waals surface area contributed by atoms with Crippen molar-refractivity contribution >= 4 is 0 Å². The van der Waals surface area contributed by atoms with Crippen LogP contribution in [0.2, 0.25) is 0 Å². The van der Waals surface area contributed by atoms with Crippen LogP contribution < -0.4 is 5.32 Å². The Morgan fingerprint density at radius 3 is 2.44 bits per heavy atom. The van der Waals surface area contributed by atoms with Gasteiger partial charge in [-0.25, -0.2) is 0 Å². The summed E-state index contributed by atoms with van der Waals surface area (Å²) in [5, 5.41) is 3.77. The van der Waals surface area contributed by atoms with E-state index in [1.807, 2.05) is 0 Å². The quantitative estimate of drug-likeness (QED) is 0.746. The summed E-state index contributed by atoms with van der Waals surface area (Å²) in [7, 11) is 0. The number of rotatable bonds is 6. The number of hydrogen-bond acceptors (Lipinski definition) is 2. The minimum atomic E-state index is 0.818. The van der Waals surface area contributed by atoms with Gasteiger partial charge < -0.3 is 10.2 Å². The van der Waals surface area contributed by atoms with E-state index in [-0.39, 0.29) is 0 Å². The standard InChI is InChI=1S/C14H28N2/c1-2-3-9-16-10-7-14(8-11-16)15-12-13-5-4-6-13/h13-15H,2-12H2,1H3. The van der Waals surface area contributed by atoms with Crippen LogP contribution >= 0.6 is 0 Å². The van der Waals surface area contributed by atoms with Gasteiger partial charge in [-0.3, -0.25) is 0 Å². The predicted molar refractivity (Wildman–Crippen MR) is 69.7 cm³/mol. The molecule has 0 amide bonds. The first-order chi connectivity index (χ1) is 7.88. The van der Waals surface area contributed by atoms with Gasteiger partial charge in [0.05, 0.1) is 0 Å². The molecule has 0 aromatic heterocycles. The lowest BCUT2D eigenvalue weighted by Gasteiger charge is -2.34. The third-order valence-corrected chi connectivity index (χ3v) is 4.34. The number of unbranched alkanes of at least 4 members (excludes halogenated alkanes) is 1. The predicted octanol–water partition coefficient (Wildman–Crippen LogP) is 2.64. The lowest BCUT2D eigenvalue weighted by molar-refractivity contribution is 0.185. The van der Waals surface area contributed by atoms with Crippen molar-refractivity contribution < 1.29 is 0 Å². The molecule has 2 aliphatic rings. The van der Waals surface area contributed by atoms with Gasteiger partial charge >= 0.3 is 0 Å². The van der Waals surface area contributed by atoms with Crippen LogP contribution in [-0.4, -0.2) is 37.1 Å². The summed E-state index contributed by atoms with van der Waals surface area (Å²) in [6.07, 6.45) is 9.87. The zero-order chi connectivity index (χ0) is 11.2. The molecule has 0 aromatic carbocycles. The average molecular weight is 224 g/mol. The number of piperidine rings is 1. The van der Waals surface area contributed by atoms with Crippen molar-refractivity contribution in [1.82, 2.24) is 10.2 Å². The van der Waals surface area contributed by atoms with Crippen molar-refractivity contribution in [3.63, 3.8) is 0 Å². The van der Waals surface area contributed by atoms with E-state index in [1.165, 1.54) is 71.1 Å². The lowest BCUT2D eigenvalue weighted by Crippen LogP contribution is -2.44. The number of nitrogens with zero attached hydrogens (tertiary/aromatic N) is 1. The van der Waals surface area contributed by atoms with Crippen molar-refractivity contribution in [1.29, 1.82) is 0 Å². The third-order valence-electron chi connectivity index (χ3n) is 4.34. The molecule has 1 N–H and O–H groups in total. The molecule has 0 radical (unpaired) electrons. The SMILES string of the molecule is CCCCN1CCC(NCC2CCC2)CC1. The zero-order valence-electron chi connectivity index (χ0n) is 10.9. The second-order valence-corrected chi connectivity index (χ2v) is 5.67. The minimum Gasteiger partial charge on any atom is -0.314 e. The van der Waals surface area contributed by atoms with Crippen LogP contribution in [0.1, 0.15) is 51.9 Å². The molecule has 0 aromatic rings. The molecule has 16 heavy (non-hydrogen) atoms. The fourth-order valence-electron chi connectivity index (χ4n) is 2.77. The Labute approximate surface area is 101 Å². The molecule has 1 saturated heterocycles. The molecule has 0 unspecified atom stereocenters. The van der Waals surface area contributed by atoms with Gasteiger partial charge in [0.15, 0.2) is 0 Å². The molecule has 0 spiro atoms. The summed E-state index contributed by atoms with van der Waals surface area (Å²) < 4.78 is 0. The van der Waals surface area contributed by atoms with E-state index in [9.17, 15) is 0 Å². The minimum absolute atomic E-state index is 0.818. The first-order valence-corrected chi connectivity index (χ1v) is 7.34. The molecule has 0 atom stereocenters. The molecule has 1 heterocycles. The highest BCUT2D eigenvalue weighted by Crippen LogP contribution is 2.25. The topological polar surface area (TPSA) is 15.3 Å². The number of hydrogen-bond donors (Lipinski definition) is 1. The molecular formula is C14H28N2. The highest BCUT2D eigenvalue weighted by Gasteiger charge is 2.21. The summed E-state index contributed by atoms with van der Waals surface area (Å²) >= 11 is 0. The van der Waals surface area contributed by atoms with Crippen LogP contribution in [-0.2, 0) is 0 Å². The summed E-state index contributed by atoms with van der Waals surface area (Å²) in [4.78, 5) is 2.64. The molecule has 0 bridgehead atoms. The van der Waals surface area contributed by atoms with Crippen LogP contribution in [0, 0.1) is 5.92 Å². The summed E-state index contributed by atoms with van der Waals surface area (Å²) in [5.41, 5.74) is 0. The van der Waals surface area contributed by atoms with Crippen LogP contribution in [0.4, 0.5) is 0 Å². The fraction of sp³-hybridized carbons (Fsp3) is 1.00. The highest BCUT2D eigenvalue weighted by molar-refractivity contribution is 4.80. The van der Waals surface area contributed by atoms with E-state index in [1.54, 1.807) is 0 Å². The van der Waals surface area contributed by atoms with Crippen molar-refractivity contribution in [3.05, 3.63) is 0 Å². The van der Waals surface area contributed by atoms with Gasteiger partial charge in [0.2, 0.25) is 0 Å². The second-order valence-electron chi connectivity index (χ2n) is 5.67. The van der Waals surface area contributed by atoms with Gasteiger partial charge in [0.1, 0.15) is 0 Å². The normalized spacial score (nSPS) is 24.6. The van der Waals surface area contributed by atoms with Gasteiger partial charge in [-0.2, -0.15) is 0 Å². The van der Waals surface area contributed by atoms with Gasteiger partial charge in [0.25, 0.3) is 0 Å². The Morgan fingerprint density at radius 2 is 1.88 bits per heavy atom. The molecule has 1 aliphatic carbocycles. The molecule has 2 nitrogen and oxygen atoms in total. The van der Waals surface area contributed by atoms with Crippen LogP contribution in [0.15, 0.2) is 0 Å². The van der Waals surface area contributed by atoms with Gasteiger partial charge in [-0.05, 0) is 64.2 Å². The number of likely N-dealkylation sites (tertiary alicyclic amines) is 1. The summed E-state index contributed by atoms with van der Waals surface area (Å²) in [6, 6.07) is 0.818. The molecule has 94 valence electrons. The fourth-order valence-corrected chi connectivity index (χ4v) is 2.77. The van der Waals surface area contributed by atoms with Gasteiger partial charge in [-0.15, -0.1) is 0 Å². The van der Waals surface area contributed by atoms with Crippen molar-refractivity contribution in [2.24, 2.45) is 5.92 Å².